The van der Waals surface area contributed by atoms with Crippen LogP contribution in [0.4, 0.5) is 0 Å². The molecule has 1 aromatic rings. The van der Waals surface area contributed by atoms with Gasteiger partial charge >= 0.3 is 71.0 Å². The molecule has 0 spiro atoms. The van der Waals surface area contributed by atoms with Crippen molar-refractivity contribution in [2.75, 3.05) is 122 Å². The Kier molecular flexibility index (Phi) is 31.6. The Morgan fingerprint density at radius 2 is 0.654 bits per heavy atom. The first-order valence-corrected chi connectivity index (χ1v) is 33.5. The number of nitrogens with one attached hydrogen (secondary N) is 2. The molecule has 2 amide bonds. The van der Waals surface area contributed by atoms with Gasteiger partial charge in [-0.05, 0) is 12.1 Å². The van der Waals surface area contributed by atoms with Crippen LogP contribution >= 0.6 is 0 Å². The fourth-order valence-electron chi connectivity index (χ4n) is 8.94. The van der Waals surface area contributed by atoms with Crippen molar-refractivity contribution in [1.82, 2.24) is 10.6 Å². The highest BCUT2D eigenvalue weighted by atomic mass is 28.5. The largest absolute Gasteiger partial charge is 0.493 e. The first-order valence-electron chi connectivity index (χ1n) is 25.2. The van der Waals surface area contributed by atoms with Crippen LogP contribution in [0.2, 0.25) is 25.2 Å². The zero-order valence-electron chi connectivity index (χ0n) is 46.6. The predicted molar refractivity (Wildman–Crippen MR) is 284 cm³/mol. The van der Waals surface area contributed by atoms with Crippen LogP contribution < -0.4 is 10.6 Å². The molecule has 32 heteroatoms. The molecule has 8 N–H and O–H groups in total. The number of carboxylic acid groups (broad SMARTS) is 6. The summed E-state index contributed by atoms with van der Waals surface area (Å²) in [6.45, 7) is 4.57. The molecule has 0 unspecified atom stereocenters. The number of amides is 2. The first kappa shape index (κ1) is 71.4. The summed E-state index contributed by atoms with van der Waals surface area (Å²) < 4.78 is 57.8. The van der Waals surface area contributed by atoms with E-state index in [0.29, 0.717) is 18.9 Å². The lowest BCUT2D eigenvalue weighted by Gasteiger charge is -2.40. The summed E-state index contributed by atoms with van der Waals surface area (Å²) in [5.41, 5.74) is -2.61. The minimum Gasteiger partial charge on any atom is -0.481 e. The fourth-order valence-corrected chi connectivity index (χ4v) is 19.6. The number of carboxylic acids is 6. The van der Waals surface area contributed by atoms with Crippen LogP contribution in [0.25, 0.3) is 0 Å². The van der Waals surface area contributed by atoms with E-state index in [1.54, 1.807) is 13.1 Å². The molecule has 446 valence electrons. The number of quaternary nitrogens is 2. The summed E-state index contributed by atoms with van der Waals surface area (Å²) in [6, 6.07) is 2.00. The molecule has 0 heterocycles. The quantitative estimate of drug-likeness (QED) is 0.0343. The highest BCUT2D eigenvalue weighted by molar-refractivity contribution is 6.74. The van der Waals surface area contributed by atoms with E-state index < -0.39 is 105 Å². The fraction of sp³-hybridized carbons (Fsp3) is 0.696. The summed E-state index contributed by atoms with van der Waals surface area (Å²) >= 11 is 0. The second kappa shape index (κ2) is 34.5. The van der Waals surface area contributed by atoms with E-state index in [4.69, 9.17) is 43.6 Å². The molecule has 0 radical (unpaired) electrons. The molecule has 0 aliphatic carbocycles. The molecule has 0 bridgehead atoms. The van der Waals surface area contributed by atoms with E-state index in [-0.39, 0.29) is 138 Å². The lowest BCUT2D eigenvalue weighted by molar-refractivity contribution is -0.927. The third kappa shape index (κ3) is 24.0. The maximum Gasteiger partial charge on any atom is 0.493 e. The molecule has 0 aliphatic heterocycles. The molecule has 0 aliphatic rings. The molecule has 0 saturated heterocycles. The van der Waals surface area contributed by atoms with E-state index in [1.165, 1.54) is 56.9 Å². The van der Waals surface area contributed by atoms with Gasteiger partial charge in [0.2, 0.25) is 0 Å². The number of aliphatic carboxylic acids is 4. The number of aromatic carboxylic acids is 2. The number of carbonyl (C=O) groups is 8. The van der Waals surface area contributed by atoms with Crippen molar-refractivity contribution in [3.8, 4) is 0 Å². The summed E-state index contributed by atoms with van der Waals surface area (Å²) in [5, 5.41) is 64.0. The molecule has 0 aromatic heterocycles. The summed E-state index contributed by atoms with van der Waals surface area (Å²) in [7, 11) is -1.96. The smallest absolute Gasteiger partial charge is 0.481 e. The third-order valence-corrected chi connectivity index (χ3v) is 26.4. The van der Waals surface area contributed by atoms with Crippen LogP contribution in [-0.2, 0) is 62.8 Å². The number of nitrogens with zero attached hydrogens (tertiary/aromatic N) is 2. The minimum absolute atomic E-state index is 0.0827. The predicted octanol–water partition coefficient (Wildman–Crippen LogP) is 2.64. The van der Waals surface area contributed by atoms with E-state index in [1.807, 2.05) is 0 Å². The van der Waals surface area contributed by atoms with Crippen LogP contribution in [0.15, 0.2) is 12.1 Å². The molecule has 78 heavy (non-hydrogen) atoms. The van der Waals surface area contributed by atoms with Crippen molar-refractivity contribution >= 4 is 82.8 Å². The van der Waals surface area contributed by atoms with Crippen molar-refractivity contribution in [1.29, 1.82) is 0 Å². The highest BCUT2D eigenvalue weighted by Gasteiger charge is 2.51. The lowest BCUT2D eigenvalue weighted by atomic mass is 9.97. The number of hydrogen-bond acceptors (Lipinski definition) is 18. The van der Waals surface area contributed by atoms with Crippen LogP contribution in [-0.4, -0.2) is 245 Å². The van der Waals surface area contributed by atoms with Crippen LogP contribution in [0.1, 0.15) is 106 Å². The topological polar surface area (TPSA) is 374 Å². The third-order valence-electron chi connectivity index (χ3n) is 13.6. The average Bonchev–Trinajstić information content (AvgIpc) is 3.39. The maximum atomic E-state index is 14.1. The normalized spacial score (nSPS) is 12.5. The Morgan fingerprint density at radius 3 is 0.885 bits per heavy atom. The molecule has 28 nitrogen and oxygen atoms in total. The molecule has 1 aromatic carbocycles. The van der Waals surface area contributed by atoms with Gasteiger partial charge in [-0.2, -0.15) is 0 Å². The van der Waals surface area contributed by atoms with Crippen molar-refractivity contribution < 1.29 is 122 Å². The second-order valence-electron chi connectivity index (χ2n) is 18.7. The first-order chi connectivity index (χ1) is 36.6. The SMILES string of the molecule is CO[Si](C)(OC)O[Si](CCC[N+](CCCC(=O)O)(CCCC(=O)O)CCNC(=O)c1cc(C(=O)NCC[N+](CCCC(=O)O)(CCCC(=O)O)CCC[Si](OC)(OC)O[Si](C)(OC)OC)c(C(=O)O)cc1C(=O)O)(OC)OC. The number of carbonyl (C=O) groups excluding carboxylic acids is 2. The van der Waals surface area contributed by atoms with Crippen molar-refractivity contribution in [2.24, 2.45) is 0 Å². The van der Waals surface area contributed by atoms with Gasteiger partial charge in [0.25, 0.3) is 11.8 Å². The number of hydrogen-bond donors (Lipinski definition) is 8. The molecule has 0 saturated carbocycles. The van der Waals surface area contributed by atoms with Crippen LogP contribution in [0.3, 0.4) is 0 Å². The zero-order chi connectivity index (χ0) is 59.4. The highest BCUT2D eigenvalue weighted by Crippen LogP contribution is 2.27. The Hall–Kier alpha value is -4.63. The Bertz CT molecular complexity index is 1940. The summed E-state index contributed by atoms with van der Waals surface area (Å²) in [6.07, 6.45) is 0.430. The van der Waals surface area contributed by atoms with Gasteiger partial charge in [0, 0.05) is 121 Å². The minimum atomic E-state index is -3.46. The molecular formula is C46H84N4O24Si4+2. The molecular weight excluding hydrogens is 1100 g/mol. The van der Waals surface area contributed by atoms with Crippen LogP contribution in [0, 0.1) is 0 Å². The second-order valence-corrected chi connectivity index (χ2v) is 30.7. The zero-order valence-corrected chi connectivity index (χ0v) is 50.6. The lowest BCUT2D eigenvalue weighted by Crippen LogP contribution is -2.57. The molecule has 0 fully saturated rings. The Morgan fingerprint density at radius 1 is 0.397 bits per heavy atom. The molecule has 1 rings (SSSR count). The van der Waals surface area contributed by atoms with Crippen LogP contribution in [0.5, 0.6) is 0 Å². The van der Waals surface area contributed by atoms with Gasteiger partial charge in [-0.25, -0.2) is 9.59 Å². The van der Waals surface area contributed by atoms with Crippen molar-refractivity contribution in [3.05, 3.63) is 34.4 Å². The van der Waals surface area contributed by atoms with Gasteiger partial charge in [-0.15, -0.1) is 0 Å². The van der Waals surface area contributed by atoms with Gasteiger partial charge in [0.15, 0.2) is 0 Å². The van der Waals surface area contributed by atoms with E-state index in [2.05, 4.69) is 10.6 Å². The van der Waals surface area contributed by atoms with Gasteiger partial charge in [-0.3, -0.25) is 28.8 Å². The van der Waals surface area contributed by atoms with Gasteiger partial charge in [0.1, 0.15) is 0 Å². The van der Waals surface area contributed by atoms with Crippen molar-refractivity contribution in [2.45, 2.75) is 89.4 Å². The Balaban J connectivity index is 3.72. The van der Waals surface area contributed by atoms with Gasteiger partial charge in [0.05, 0.1) is 113 Å². The standard InChI is InChI=1S/C46H82N4O24Si4/c1-65-75(9,66-2)73-77(69-5,70-6)31-15-27-49(23-11-17-39(51)52,24-12-18-40(53)54)29-21-47-43(59)35-33-36(38(46(63)64)34-37(35)45(61)62)44(60)48-22-30-50(25-13-19-41(55)56,26-14-20-42(57)58)28-16-32-78(71-7,72-8)74-76(10,67-3)68-4/h33-34H,11-32H2,1-10H3,(H6-2,47,48,51,52,53,54,55,56,57,58,59,60,61,62,63,64)/p+2. The number of benzene rings is 1. The molecule has 0 atom stereocenters. The summed E-state index contributed by atoms with van der Waals surface area (Å²) in [5.74, 6) is -9.64. The monoisotopic (exact) mass is 1190 g/mol. The maximum absolute atomic E-state index is 14.1. The Labute approximate surface area is 459 Å². The number of rotatable bonds is 46. The summed E-state index contributed by atoms with van der Waals surface area (Å²) in [4.78, 5) is 100. The van der Waals surface area contributed by atoms with E-state index >= 15 is 0 Å². The average molecular weight is 1190 g/mol. The van der Waals surface area contributed by atoms with Gasteiger partial charge in [-0.1, -0.05) is 0 Å². The van der Waals surface area contributed by atoms with Gasteiger partial charge < -0.3 is 93.9 Å². The van der Waals surface area contributed by atoms with E-state index in [0.717, 1.165) is 6.07 Å². The van der Waals surface area contributed by atoms with E-state index in [9.17, 15) is 69.0 Å². The van der Waals surface area contributed by atoms with Crippen molar-refractivity contribution in [3.63, 3.8) is 0 Å².